The van der Waals surface area contributed by atoms with Crippen LogP contribution in [-0.4, -0.2) is 32.9 Å². The number of benzene rings is 2. The second-order valence-corrected chi connectivity index (χ2v) is 8.82. The van der Waals surface area contributed by atoms with Gasteiger partial charge in [0.05, 0.1) is 18.0 Å². The van der Waals surface area contributed by atoms with E-state index < -0.39 is 10.0 Å². The van der Waals surface area contributed by atoms with E-state index in [1.165, 1.54) is 11.4 Å². The first kappa shape index (κ1) is 21.0. The highest BCUT2D eigenvalue weighted by Crippen LogP contribution is 2.20. The molecule has 0 fully saturated rings. The quantitative estimate of drug-likeness (QED) is 0.686. The van der Waals surface area contributed by atoms with Crippen LogP contribution < -0.4 is 19.7 Å². The second kappa shape index (κ2) is 9.05. The van der Waals surface area contributed by atoms with Crippen LogP contribution >= 0.6 is 12.2 Å². The smallest absolute Gasteiger partial charge is 0.231 e. The molecule has 0 radical (unpaired) electrons. The van der Waals surface area contributed by atoms with Crippen LogP contribution in [-0.2, 0) is 16.6 Å². The van der Waals surface area contributed by atoms with Gasteiger partial charge in [0.15, 0.2) is 5.11 Å². The van der Waals surface area contributed by atoms with E-state index in [0.717, 1.165) is 17.6 Å². The van der Waals surface area contributed by atoms with Crippen LogP contribution in [0.25, 0.3) is 0 Å². The number of sulfonamides is 1. The predicted octanol–water partition coefficient (Wildman–Crippen LogP) is 3.36. The molecule has 0 aliphatic heterocycles. The molecule has 0 heterocycles. The average Bonchev–Trinajstić information content (AvgIpc) is 2.59. The zero-order chi connectivity index (χ0) is 20.0. The van der Waals surface area contributed by atoms with Gasteiger partial charge in [-0.25, -0.2) is 8.42 Å². The fourth-order valence-electron chi connectivity index (χ4n) is 2.29. The van der Waals surface area contributed by atoms with E-state index in [9.17, 15) is 8.42 Å². The Kier molecular flexibility index (Phi) is 7.04. The summed E-state index contributed by atoms with van der Waals surface area (Å²) in [5.41, 5.74) is 2.34. The molecule has 2 N–H and O–H groups in total. The minimum Gasteiger partial charge on any atom is -0.491 e. The van der Waals surface area contributed by atoms with Gasteiger partial charge in [-0.15, -0.1) is 0 Å². The normalized spacial score (nSPS) is 11.1. The van der Waals surface area contributed by atoms with Crippen molar-refractivity contribution in [3.8, 4) is 5.75 Å². The summed E-state index contributed by atoms with van der Waals surface area (Å²) in [7, 11) is -1.80. The van der Waals surface area contributed by atoms with E-state index in [0.29, 0.717) is 23.0 Å². The summed E-state index contributed by atoms with van der Waals surface area (Å²) < 4.78 is 30.2. The number of nitrogens with one attached hydrogen (secondary N) is 2. The molecular weight excluding hydrogens is 382 g/mol. The molecule has 0 aliphatic rings. The maximum atomic E-state index is 11.7. The fraction of sp³-hybridized carbons (Fsp3) is 0.316. The average molecular weight is 408 g/mol. The van der Waals surface area contributed by atoms with Gasteiger partial charge in [-0.1, -0.05) is 18.2 Å². The number of hydrogen-bond acceptors (Lipinski definition) is 4. The number of thiocarbonyl (C=S) groups is 1. The zero-order valence-corrected chi connectivity index (χ0v) is 17.5. The first-order valence-corrected chi connectivity index (χ1v) is 10.8. The van der Waals surface area contributed by atoms with Crippen molar-refractivity contribution in [3.05, 3.63) is 54.1 Å². The van der Waals surface area contributed by atoms with Crippen molar-refractivity contribution in [3.63, 3.8) is 0 Å². The highest BCUT2D eigenvalue weighted by Gasteiger charge is 2.12. The van der Waals surface area contributed by atoms with Crippen LogP contribution in [0, 0.1) is 0 Å². The highest BCUT2D eigenvalue weighted by atomic mass is 32.2. The van der Waals surface area contributed by atoms with Gasteiger partial charge in [-0.3, -0.25) is 4.31 Å². The molecule has 8 heteroatoms. The number of ether oxygens (including phenoxy) is 1. The first-order chi connectivity index (χ1) is 12.6. The number of rotatable bonds is 7. The van der Waals surface area contributed by atoms with Gasteiger partial charge in [-0.2, -0.15) is 0 Å². The topological polar surface area (TPSA) is 70.7 Å². The molecule has 0 saturated carbocycles. The van der Waals surface area contributed by atoms with Crippen molar-refractivity contribution in [2.75, 3.05) is 22.9 Å². The van der Waals surface area contributed by atoms with Gasteiger partial charge in [0.2, 0.25) is 10.0 Å². The number of nitrogens with zero attached hydrogens (tertiary/aromatic N) is 1. The molecule has 2 aromatic carbocycles. The maximum absolute atomic E-state index is 11.7. The van der Waals surface area contributed by atoms with Crippen LogP contribution in [0.4, 0.5) is 11.4 Å². The van der Waals surface area contributed by atoms with Gasteiger partial charge in [0.25, 0.3) is 0 Å². The molecule has 146 valence electrons. The molecule has 0 saturated heterocycles. The third-order valence-electron chi connectivity index (χ3n) is 3.71. The van der Waals surface area contributed by atoms with Gasteiger partial charge >= 0.3 is 0 Å². The van der Waals surface area contributed by atoms with E-state index >= 15 is 0 Å². The van der Waals surface area contributed by atoms with Crippen LogP contribution in [0.2, 0.25) is 0 Å². The molecule has 0 atom stereocenters. The Balaban J connectivity index is 1.92. The minimum atomic E-state index is -3.31. The van der Waals surface area contributed by atoms with Crippen molar-refractivity contribution in [2.45, 2.75) is 26.5 Å². The standard InChI is InChI=1S/C19H25N3O3S2/c1-14(2)25-18-10-8-15(9-11-18)13-20-19(26)21-16-6-5-7-17(12-16)22(3)27(4,23)24/h5-12,14H,13H2,1-4H3,(H2,20,21,26). The van der Waals surface area contributed by atoms with Crippen molar-refractivity contribution >= 4 is 38.7 Å². The maximum Gasteiger partial charge on any atom is 0.231 e. The highest BCUT2D eigenvalue weighted by molar-refractivity contribution is 7.92. The minimum absolute atomic E-state index is 0.142. The summed E-state index contributed by atoms with van der Waals surface area (Å²) in [6.45, 7) is 4.54. The SMILES string of the molecule is CC(C)Oc1ccc(CNC(=S)Nc2cccc(N(C)S(C)(=O)=O)c2)cc1. The molecule has 0 amide bonds. The molecule has 0 bridgehead atoms. The molecule has 2 rings (SSSR count). The van der Waals surface area contributed by atoms with Crippen molar-refractivity contribution < 1.29 is 13.2 Å². The summed E-state index contributed by atoms with van der Waals surface area (Å²) in [5, 5.41) is 6.66. The van der Waals surface area contributed by atoms with Gasteiger partial charge in [0, 0.05) is 19.3 Å². The lowest BCUT2D eigenvalue weighted by molar-refractivity contribution is 0.242. The Bertz CT molecular complexity index is 881. The predicted molar refractivity (Wildman–Crippen MR) is 115 cm³/mol. The Morgan fingerprint density at radius 1 is 1.19 bits per heavy atom. The summed E-state index contributed by atoms with van der Waals surface area (Å²) in [6.07, 6.45) is 1.31. The lowest BCUT2D eigenvalue weighted by Crippen LogP contribution is -2.28. The van der Waals surface area contributed by atoms with Gasteiger partial charge in [0.1, 0.15) is 5.75 Å². The van der Waals surface area contributed by atoms with Crippen LogP contribution in [0.5, 0.6) is 5.75 Å². The molecule has 2 aromatic rings. The molecular formula is C19H25N3O3S2. The molecule has 0 unspecified atom stereocenters. The Morgan fingerprint density at radius 3 is 2.44 bits per heavy atom. The second-order valence-electron chi connectivity index (χ2n) is 6.40. The Morgan fingerprint density at radius 2 is 1.85 bits per heavy atom. The van der Waals surface area contributed by atoms with E-state index in [2.05, 4.69) is 10.6 Å². The zero-order valence-electron chi connectivity index (χ0n) is 15.9. The summed E-state index contributed by atoms with van der Waals surface area (Å²) in [5.74, 6) is 0.835. The van der Waals surface area contributed by atoms with E-state index in [1.54, 1.807) is 18.2 Å². The van der Waals surface area contributed by atoms with E-state index in [-0.39, 0.29) is 6.10 Å². The molecule has 0 spiro atoms. The third kappa shape index (κ3) is 6.73. The fourth-order valence-corrected chi connectivity index (χ4v) is 2.97. The summed E-state index contributed by atoms with van der Waals surface area (Å²) in [4.78, 5) is 0. The van der Waals surface area contributed by atoms with Gasteiger partial charge in [-0.05, 0) is 62.0 Å². The lowest BCUT2D eigenvalue weighted by Gasteiger charge is -2.18. The lowest BCUT2D eigenvalue weighted by atomic mass is 10.2. The monoisotopic (exact) mass is 407 g/mol. The van der Waals surface area contributed by atoms with Crippen molar-refractivity contribution in [2.24, 2.45) is 0 Å². The molecule has 6 nitrogen and oxygen atoms in total. The molecule has 0 aliphatic carbocycles. The molecule has 27 heavy (non-hydrogen) atoms. The summed E-state index contributed by atoms with van der Waals surface area (Å²) >= 11 is 5.32. The number of hydrogen-bond donors (Lipinski definition) is 2. The van der Waals surface area contributed by atoms with Crippen LogP contribution in [0.3, 0.4) is 0 Å². The number of anilines is 2. The third-order valence-corrected chi connectivity index (χ3v) is 5.17. The van der Waals surface area contributed by atoms with Crippen LogP contribution in [0.1, 0.15) is 19.4 Å². The summed E-state index contributed by atoms with van der Waals surface area (Å²) in [6, 6.07) is 14.9. The Hall–Kier alpha value is -2.32. The first-order valence-electron chi connectivity index (χ1n) is 8.49. The largest absolute Gasteiger partial charge is 0.491 e. The Labute approximate surface area is 166 Å². The van der Waals surface area contributed by atoms with E-state index in [4.69, 9.17) is 17.0 Å². The van der Waals surface area contributed by atoms with Crippen molar-refractivity contribution in [1.82, 2.24) is 5.32 Å². The van der Waals surface area contributed by atoms with E-state index in [1.807, 2.05) is 44.2 Å². The van der Waals surface area contributed by atoms with Crippen molar-refractivity contribution in [1.29, 1.82) is 0 Å². The van der Waals surface area contributed by atoms with Gasteiger partial charge < -0.3 is 15.4 Å². The molecule has 0 aromatic heterocycles. The van der Waals surface area contributed by atoms with Crippen LogP contribution in [0.15, 0.2) is 48.5 Å².